The van der Waals surface area contributed by atoms with Crippen LogP contribution in [0, 0.1) is 11.2 Å². The van der Waals surface area contributed by atoms with Crippen LogP contribution < -0.4 is 5.73 Å². The molecule has 4 N–H and O–H groups in total. The molecule has 2 aromatic rings. The molecular formula is C20H18ClF4N5O2S. The summed E-state index contributed by atoms with van der Waals surface area (Å²) < 4.78 is 53.9. The van der Waals surface area contributed by atoms with Gasteiger partial charge in [-0.3, -0.25) is 4.79 Å². The first-order valence-corrected chi connectivity index (χ1v) is 10.7. The molecule has 7 nitrogen and oxygen atoms in total. The number of alkyl halides is 3. The number of hydrogen-bond acceptors (Lipinski definition) is 7. The first-order valence-electron chi connectivity index (χ1n) is 9.49. The van der Waals surface area contributed by atoms with Crippen molar-refractivity contribution in [2.24, 2.45) is 5.73 Å². The number of halogens is 5. The van der Waals surface area contributed by atoms with Gasteiger partial charge in [0.25, 0.3) is 5.91 Å². The second-order valence-electron chi connectivity index (χ2n) is 7.11. The molecule has 0 saturated carbocycles. The zero-order valence-corrected chi connectivity index (χ0v) is 18.7. The highest BCUT2D eigenvalue weighted by Crippen LogP contribution is 2.41. The van der Waals surface area contributed by atoms with Crippen molar-refractivity contribution in [2.45, 2.75) is 42.1 Å². The Bertz CT molecular complexity index is 1140. The molecular weight excluding hydrogens is 486 g/mol. The fraction of sp³-hybridized carbons (Fsp3) is 0.300. The second-order valence-corrected chi connectivity index (χ2v) is 8.52. The summed E-state index contributed by atoms with van der Waals surface area (Å²) in [6.45, 7) is 1.71. The van der Waals surface area contributed by atoms with Gasteiger partial charge in [0.05, 0.1) is 23.5 Å². The Hall–Kier alpha value is -2.70. The maximum atomic E-state index is 13.5. The lowest BCUT2D eigenvalue weighted by molar-refractivity contribution is -0.140. The summed E-state index contributed by atoms with van der Waals surface area (Å²) in [5.74, 6) is -1.95. The Morgan fingerprint density at radius 2 is 2.09 bits per heavy atom. The van der Waals surface area contributed by atoms with Gasteiger partial charge in [0.1, 0.15) is 22.0 Å². The minimum absolute atomic E-state index is 0.0184. The normalized spacial score (nSPS) is 15.5. The molecule has 0 fully saturated rings. The van der Waals surface area contributed by atoms with E-state index in [-0.39, 0.29) is 46.0 Å². The predicted octanol–water partition coefficient (Wildman–Crippen LogP) is 3.78. The third kappa shape index (κ3) is 5.45. The van der Waals surface area contributed by atoms with Crippen LogP contribution in [0.3, 0.4) is 0 Å². The molecule has 0 saturated heterocycles. The van der Waals surface area contributed by atoms with Crippen LogP contribution in [0.1, 0.15) is 35.7 Å². The average molecular weight is 504 g/mol. The third-order valence-electron chi connectivity index (χ3n) is 4.79. The van der Waals surface area contributed by atoms with Crippen molar-refractivity contribution >= 4 is 35.5 Å². The van der Waals surface area contributed by atoms with Crippen LogP contribution in [0.5, 0.6) is 0 Å². The maximum absolute atomic E-state index is 13.5. The number of aliphatic hydroxyl groups is 1. The Kier molecular flexibility index (Phi) is 7.29. The Morgan fingerprint density at radius 3 is 2.67 bits per heavy atom. The lowest BCUT2D eigenvalue weighted by atomic mass is 10.1. The van der Waals surface area contributed by atoms with Crippen molar-refractivity contribution in [1.29, 1.82) is 5.41 Å². The first-order chi connectivity index (χ1) is 15.4. The molecule has 1 aromatic heterocycles. The molecule has 0 aliphatic carbocycles. The predicted molar refractivity (Wildman–Crippen MR) is 113 cm³/mol. The van der Waals surface area contributed by atoms with Gasteiger partial charge < -0.3 is 21.1 Å². The van der Waals surface area contributed by atoms with Crippen molar-refractivity contribution < 1.29 is 27.5 Å². The first kappa shape index (κ1) is 24.9. The highest BCUT2D eigenvalue weighted by molar-refractivity contribution is 7.99. The van der Waals surface area contributed by atoms with Crippen molar-refractivity contribution in [1.82, 2.24) is 14.9 Å². The van der Waals surface area contributed by atoms with E-state index in [1.807, 2.05) is 0 Å². The van der Waals surface area contributed by atoms with Crippen LogP contribution in [-0.4, -0.2) is 38.6 Å². The van der Waals surface area contributed by atoms with Gasteiger partial charge in [-0.25, -0.2) is 14.4 Å². The summed E-state index contributed by atoms with van der Waals surface area (Å²) in [5.41, 5.74) is 5.06. The molecule has 33 heavy (non-hydrogen) atoms. The summed E-state index contributed by atoms with van der Waals surface area (Å²) in [4.78, 5) is 21.3. The van der Waals surface area contributed by atoms with E-state index in [1.54, 1.807) is 4.90 Å². The van der Waals surface area contributed by atoms with Gasteiger partial charge in [0.2, 0.25) is 0 Å². The lowest BCUT2D eigenvalue weighted by Crippen LogP contribution is -2.34. The number of nitrogens with two attached hydrogens (primary N) is 1. The molecule has 0 unspecified atom stereocenters. The Morgan fingerprint density at radius 1 is 1.39 bits per heavy atom. The van der Waals surface area contributed by atoms with Crippen LogP contribution in [0.15, 0.2) is 38.8 Å². The maximum Gasteiger partial charge on any atom is 0.417 e. The fourth-order valence-electron chi connectivity index (χ4n) is 3.23. The summed E-state index contributed by atoms with van der Waals surface area (Å²) >= 11 is 6.63. The van der Waals surface area contributed by atoms with Crippen LogP contribution in [0.4, 0.5) is 17.6 Å². The van der Waals surface area contributed by atoms with E-state index in [0.29, 0.717) is 29.1 Å². The number of aromatic nitrogens is 2. The topological polar surface area (TPSA) is 116 Å². The number of carbonyl (C=O) groups is 1. The zero-order valence-electron chi connectivity index (χ0n) is 17.1. The lowest BCUT2D eigenvalue weighted by Gasteiger charge is -2.31. The largest absolute Gasteiger partial charge is 0.417 e. The molecule has 13 heteroatoms. The molecule has 0 spiro atoms. The Labute approximate surface area is 195 Å². The van der Waals surface area contributed by atoms with Crippen molar-refractivity contribution in [2.75, 3.05) is 6.54 Å². The monoisotopic (exact) mass is 503 g/mol. The summed E-state index contributed by atoms with van der Waals surface area (Å²) in [6, 6.07) is 2.37. The second kappa shape index (κ2) is 9.65. The van der Waals surface area contributed by atoms with Gasteiger partial charge in [-0.05, 0) is 31.5 Å². The third-order valence-corrected chi connectivity index (χ3v) is 6.28. The summed E-state index contributed by atoms with van der Waals surface area (Å²) in [6.07, 6.45) is -4.78. The van der Waals surface area contributed by atoms with Gasteiger partial charge in [0, 0.05) is 23.2 Å². The number of rotatable bonds is 6. The van der Waals surface area contributed by atoms with Gasteiger partial charge in [0.15, 0.2) is 5.82 Å². The molecule has 0 bridgehead atoms. The number of primary amides is 1. The van der Waals surface area contributed by atoms with Crippen LogP contribution in [0.2, 0.25) is 0 Å². The van der Waals surface area contributed by atoms with E-state index in [0.717, 1.165) is 18.3 Å². The molecule has 176 valence electrons. The smallest absolute Gasteiger partial charge is 0.385 e. The minimum Gasteiger partial charge on any atom is -0.385 e. The molecule has 1 aliphatic rings. The number of nitrogens with zero attached hydrogens (tertiary/aromatic N) is 3. The standard InChI is InChI=1S/C20H18ClF4N5O2S/c1-9(31)18-28-13-8-30(14(7-26)16(21)17(27)32)5-4-11(13)19(29-18)33-15-3-2-10(22)6-12(15)20(23,24)25/h2-3,6-7,9,26,31H,4-5,8H2,1H3,(H2,27,32)/b16-14-,26-7?/t9-/m0/s1. The van der Waals surface area contributed by atoms with Crippen LogP contribution in [-0.2, 0) is 23.9 Å². The molecule has 0 radical (unpaired) electrons. The summed E-state index contributed by atoms with van der Waals surface area (Å²) in [7, 11) is 0. The molecule has 1 amide bonds. The van der Waals surface area contributed by atoms with Gasteiger partial charge in [-0.2, -0.15) is 13.2 Å². The number of hydrogen-bond donors (Lipinski definition) is 3. The van der Waals surface area contributed by atoms with Crippen molar-refractivity contribution in [3.05, 3.63) is 57.4 Å². The SMILES string of the molecule is C[C@H](O)c1nc2c(c(Sc3ccc(F)cc3C(F)(F)F)n1)CCN(/C(C=N)=C(\Cl)C(N)=O)C2. The number of carbonyl (C=O) groups excluding carboxylic acids is 1. The van der Waals surface area contributed by atoms with Crippen molar-refractivity contribution in [3.8, 4) is 0 Å². The van der Waals surface area contributed by atoms with E-state index in [2.05, 4.69) is 9.97 Å². The van der Waals surface area contributed by atoms with E-state index in [9.17, 15) is 27.5 Å². The fourth-order valence-corrected chi connectivity index (χ4v) is 4.51. The van der Waals surface area contributed by atoms with Crippen LogP contribution >= 0.6 is 23.4 Å². The molecule has 1 aromatic carbocycles. The number of allylic oxidation sites excluding steroid dienone is 1. The number of amides is 1. The number of fused-ring (bicyclic) bond motifs is 1. The summed E-state index contributed by atoms with van der Waals surface area (Å²) in [5, 5.41) is 17.4. The number of benzene rings is 1. The van der Waals surface area contributed by atoms with Gasteiger partial charge in [-0.15, -0.1) is 0 Å². The zero-order chi connectivity index (χ0) is 24.5. The van der Waals surface area contributed by atoms with E-state index >= 15 is 0 Å². The molecule has 1 atom stereocenters. The molecule has 1 aliphatic heterocycles. The van der Waals surface area contributed by atoms with Gasteiger partial charge >= 0.3 is 6.18 Å². The van der Waals surface area contributed by atoms with E-state index in [4.69, 9.17) is 22.7 Å². The average Bonchev–Trinajstić information content (AvgIpc) is 2.74. The number of aliphatic hydroxyl groups excluding tert-OH is 1. The molecule has 2 heterocycles. The van der Waals surface area contributed by atoms with E-state index < -0.39 is 29.6 Å². The highest BCUT2D eigenvalue weighted by Gasteiger charge is 2.35. The minimum atomic E-state index is -4.78. The van der Waals surface area contributed by atoms with Gasteiger partial charge in [-0.1, -0.05) is 23.4 Å². The Balaban J connectivity index is 2.08. The van der Waals surface area contributed by atoms with Crippen LogP contribution in [0.25, 0.3) is 0 Å². The quantitative estimate of drug-likeness (QED) is 0.239. The number of nitrogens with one attached hydrogen (secondary N) is 1. The molecule has 3 rings (SSSR count). The van der Waals surface area contributed by atoms with Crippen molar-refractivity contribution in [3.63, 3.8) is 0 Å². The van der Waals surface area contributed by atoms with E-state index in [1.165, 1.54) is 6.92 Å². The highest BCUT2D eigenvalue weighted by atomic mass is 35.5.